The number of anilines is 1. The van der Waals surface area contributed by atoms with E-state index in [2.05, 4.69) is 4.98 Å². The van der Waals surface area contributed by atoms with Gasteiger partial charge < -0.3 is 4.90 Å². The summed E-state index contributed by atoms with van der Waals surface area (Å²) in [4.78, 5) is 5.67. The van der Waals surface area contributed by atoms with Crippen LogP contribution in [0.15, 0.2) is 12.3 Å². The molecule has 1 fully saturated rings. The van der Waals surface area contributed by atoms with E-state index in [1.165, 1.54) is 12.3 Å². The monoisotopic (exact) mass is 232 g/mol. The summed E-state index contributed by atoms with van der Waals surface area (Å²) in [7, 11) is 0. The Morgan fingerprint density at radius 1 is 1.40 bits per heavy atom. The van der Waals surface area contributed by atoms with Crippen molar-refractivity contribution in [1.82, 2.24) is 4.98 Å². The quantitative estimate of drug-likeness (QED) is 0.740. The van der Waals surface area contributed by atoms with Gasteiger partial charge in [0.05, 0.1) is 5.02 Å². The normalized spacial score (nSPS) is 18.2. The number of hydrogen-bond donors (Lipinski definition) is 0. The molecule has 1 aliphatic rings. The molecule has 0 amide bonds. The minimum atomic E-state index is -0.767. The van der Waals surface area contributed by atoms with Gasteiger partial charge in [0.1, 0.15) is 6.17 Å². The molecular weight excluding hydrogens is 222 g/mol. The second kappa shape index (κ2) is 4.31. The summed E-state index contributed by atoms with van der Waals surface area (Å²) in [5.74, 6) is -0.175. The molecule has 82 valence electrons. The van der Waals surface area contributed by atoms with E-state index in [-0.39, 0.29) is 10.8 Å². The van der Waals surface area contributed by atoms with Crippen LogP contribution in [0.1, 0.15) is 12.8 Å². The molecule has 0 bridgehead atoms. The first-order valence-corrected chi connectivity index (χ1v) is 5.24. The van der Waals surface area contributed by atoms with Crippen molar-refractivity contribution in [2.45, 2.75) is 19.0 Å². The van der Waals surface area contributed by atoms with Crippen LogP contribution in [0, 0.1) is 5.82 Å². The van der Waals surface area contributed by atoms with E-state index < -0.39 is 12.0 Å². The largest absolute Gasteiger partial charge is 0.354 e. The average molecular weight is 233 g/mol. The maximum atomic E-state index is 13.4. The second-order valence-corrected chi connectivity index (χ2v) is 4.06. The molecule has 5 heteroatoms. The maximum Gasteiger partial charge on any atom is 0.167 e. The van der Waals surface area contributed by atoms with Crippen LogP contribution in [0.3, 0.4) is 0 Å². The predicted octanol–water partition coefficient (Wildman–Crippen LogP) is 2.81. The predicted molar refractivity (Wildman–Crippen MR) is 55.5 cm³/mol. The molecule has 0 N–H and O–H groups in total. The molecule has 0 aromatic carbocycles. The maximum absolute atomic E-state index is 13.4. The Morgan fingerprint density at radius 3 is 2.67 bits per heavy atom. The lowest BCUT2D eigenvalue weighted by molar-refractivity contribution is 0.276. The highest BCUT2D eigenvalue weighted by Gasteiger charge is 2.21. The van der Waals surface area contributed by atoms with E-state index in [4.69, 9.17) is 11.6 Å². The average Bonchev–Trinajstić information content (AvgIpc) is 2.20. The highest BCUT2D eigenvalue weighted by Crippen LogP contribution is 2.23. The first kappa shape index (κ1) is 10.6. The molecule has 1 aromatic heterocycles. The van der Waals surface area contributed by atoms with Gasteiger partial charge in [-0.3, -0.25) is 0 Å². The third-order valence-corrected chi connectivity index (χ3v) is 2.72. The molecule has 0 atom stereocenters. The van der Waals surface area contributed by atoms with Crippen LogP contribution < -0.4 is 4.90 Å². The first-order valence-electron chi connectivity index (χ1n) is 4.87. The number of halogens is 3. The van der Waals surface area contributed by atoms with Gasteiger partial charge in [-0.2, -0.15) is 0 Å². The number of hydrogen-bond acceptors (Lipinski definition) is 2. The van der Waals surface area contributed by atoms with Crippen molar-refractivity contribution in [3.63, 3.8) is 0 Å². The Kier molecular flexibility index (Phi) is 3.05. The standard InChI is InChI=1S/C10H11ClF2N2/c11-7-5-9(13)10(14-6-7)15-3-1-8(12)2-4-15/h5-6,8H,1-4H2. The van der Waals surface area contributed by atoms with Gasteiger partial charge in [0, 0.05) is 19.3 Å². The minimum absolute atomic E-state index is 0.270. The van der Waals surface area contributed by atoms with Gasteiger partial charge in [0.15, 0.2) is 11.6 Å². The van der Waals surface area contributed by atoms with Crippen LogP contribution in [-0.2, 0) is 0 Å². The fraction of sp³-hybridized carbons (Fsp3) is 0.500. The third kappa shape index (κ3) is 2.37. The zero-order valence-corrected chi connectivity index (χ0v) is 8.84. The molecule has 1 saturated heterocycles. The summed E-state index contributed by atoms with van der Waals surface area (Å²) in [6, 6.07) is 1.23. The van der Waals surface area contributed by atoms with Gasteiger partial charge in [-0.05, 0) is 18.9 Å². The van der Waals surface area contributed by atoms with E-state index in [1.54, 1.807) is 4.90 Å². The van der Waals surface area contributed by atoms with E-state index >= 15 is 0 Å². The summed E-state index contributed by atoms with van der Waals surface area (Å²) >= 11 is 5.60. The second-order valence-electron chi connectivity index (χ2n) is 3.62. The molecule has 2 nitrogen and oxygen atoms in total. The van der Waals surface area contributed by atoms with Crippen molar-refractivity contribution in [2.24, 2.45) is 0 Å². The molecule has 1 aliphatic heterocycles. The lowest BCUT2D eigenvalue weighted by Gasteiger charge is -2.29. The first-order chi connectivity index (χ1) is 7.16. The van der Waals surface area contributed by atoms with Gasteiger partial charge in [-0.15, -0.1) is 0 Å². The van der Waals surface area contributed by atoms with Crippen molar-refractivity contribution >= 4 is 17.4 Å². The molecule has 0 saturated carbocycles. The smallest absolute Gasteiger partial charge is 0.167 e. The number of aromatic nitrogens is 1. The molecule has 0 aliphatic carbocycles. The van der Waals surface area contributed by atoms with Crippen LogP contribution in [0.5, 0.6) is 0 Å². The lowest BCUT2D eigenvalue weighted by atomic mass is 10.1. The number of piperidine rings is 1. The zero-order valence-electron chi connectivity index (χ0n) is 8.09. The van der Waals surface area contributed by atoms with Crippen molar-refractivity contribution in [2.75, 3.05) is 18.0 Å². The Bertz CT molecular complexity index is 351. The highest BCUT2D eigenvalue weighted by atomic mass is 35.5. The van der Waals surface area contributed by atoms with Crippen LogP contribution >= 0.6 is 11.6 Å². The fourth-order valence-electron chi connectivity index (χ4n) is 1.70. The van der Waals surface area contributed by atoms with Crippen molar-refractivity contribution in [3.05, 3.63) is 23.1 Å². The lowest BCUT2D eigenvalue weighted by Crippen LogP contribution is -2.35. The highest BCUT2D eigenvalue weighted by molar-refractivity contribution is 6.30. The summed E-state index contributed by atoms with van der Waals surface area (Å²) < 4.78 is 26.3. The Morgan fingerprint density at radius 2 is 2.07 bits per heavy atom. The molecular formula is C10H11ClF2N2. The number of nitrogens with zero attached hydrogens (tertiary/aromatic N) is 2. The zero-order chi connectivity index (χ0) is 10.8. The molecule has 0 radical (unpaired) electrons. The Labute approximate surface area is 91.9 Å². The summed E-state index contributed by atoms with van der Waals surface area (Å²) in [6.07, 6.45) is 1.51. The van der Waals surface area contributed by atoms with E-state index in [9.17, 15) is 8.78 Å². The SMILES string of the molecule is Fc1cc(Cl)cnc1N1CCC(F)CC1. The number of pyridine rings is 1. The topological polar surface area (TPSA) is 16.1 Å². The summed E-state index contributed by atoms with van der Waals surface area (Å²) in [5.41, 5.74) is 0. The van der Waals surface area contributed by atoms with Crippen molar-refractivity contribution < 1.29 is 8.78 Å². The molecule has 2 rings (SSSR count). The van der Waals surface area contributed by atoms with Gasteiger partial charge in [0.2, 0.25) is 0 Å². The van der Waals surface area contributed by atoms with Crippen LogP contribution in [-0.4, -0.2) is 24.2 Å². The molecule has 0 unspecified atom stereocenters. The Hall–Kier alpha value is -0.900. The molecule has 1 aromatic rings. The molecule has 15 heavy (non-hydrogen) atoms. The minimum Gasteiger partial charge on any atom is -0.354 e. The van der Waals surface area contributed by atoms with Crippen molar-refractivity contribution in [3.8, 4) is 0 Å². The van der Waals surface area contributed by atoms with Gasteiger partial charge >= 0.3 is 0 Å². The third-order valence-electron chi connectivity index (χ3n) is 2.51. The van der Waals surface area contributed by atoms with Gasteiger partial charge in [-0.25, -0.2) is 13.8 Å². The fourth-order valence-corrected chi connectivity index (χ4v) is 1.84. The molecule has 0 spiro atoms. The van der Waals surface area contributed by atoms with E-state index in [0.29, 0.717) is 25.9 Å². The van der Waals surface area contributed by atoms with Crippen LogP contribution in [0.4, 0.5) is 14.6 Å². The number of alkyl halides is 1. The Balaban J connectivity index is 2.15. The van der Waals surface area contributed by atoms with E-state index in [0.717, 1.165) is 0 Å². The van der Waals surface area contributed by atoms with Crippen LogP contribution in [0.25, 0.3) is 0 Å². The van der Waals surface area contributed by atoms with Gasteiger partial charge in [0.25, 0.3) is 0 Å². The van der Waals surface area contributed by atoms with Gasteiger partial charge in [-0.1, -0.05) is 11.6 Å². The van der Waals surface area contributed by atoms with E-state index in [1.807, 2.05) is 0 Å². The number of rotatable bonds is 1. The molecule has 2 heterocycles. The van der Waals surface area contributed by atoms with Crippen LogP contribution in [0.2, 0.25) is 5.02 Å². The van der Waals surface area contributed by atoms with Crippen molar-refractivity contribution in [1.29, 1.82) is 0 Å². The summed E-state index contributed by atoms with van der Waals surface area (Å²) in [6.45, 7) is 1.01. The summed E-state index contributed by atoms with van der Waals surface area (Å²) in [5, 5.41) is 0.275.